The van der Waals surface area contributed by atoms with E-state index >= 15 is 0 Å². The Balaban J connectivity index is 1.74. The molecule has 2 aromatic rings. The van der Waals surface area contributed by atoms with Gasteiger partial charge < -0.3 is 14.8 Å². The second kappa shape index (κ2) is 6.39. The molecule has 1 aromatic carbocycles. The van der Waals surface area contributed by atoms with Crippen molar-refractivity contribution in [2.24, 2.45) is 0 Å². The predicted octanol–water partition coefficient (Wildman–Crippen LogP) is 2.20. The Morgan fingerprint density at radius 2 is 1.92 bits per heavy atom. The average Bonchev–Trinajstić information content (AvgIpc) is 3.13. The second-order valence-corrected chi connectivity index (χ2v) is 6.42. The molecule has 1 N–H and O–H groups in total. The summed E-state index contributed by atoms with van der Waals surface area (Å²) >= 11 is 0. The highest BCUT2D eigenvalue weighted by Gasteiger charge is 2.38. The van der Waals surface area contributed by atoms with Crippen molar-refractivity contribution < 1.29 is 9.47 Å². The van der Waals surface area contributed by atoms with Crippen LogP contribution in [-0.4, -0.2) is 40.0 Å². The quantitative estimate of drug-likeness (QED) is 0.927. The zero-order valence-electron chi connectivity index (χ0n) is 14.0. The summed E-state index contributed by atoms with van der Waals surface area (Å²) in [7, 11) is 0. The maximum absolute atomic E-state index is 5.70. The Kier molecular flexibility index (Phi) is 4.10. The van der Waals surface area contributed by atoms with Crippen LogP contribution in [0.25, 0.3) is 5.69 Å². The van der Waals surface area contributed by atoms with E-state index in [1.54, 1.807) is 0 Å². The number of hydrogen-bond acceptors (Lipinski definition) is 6. The number of hydrogen-bond donors (Lipinski definition) is 1. The van der Waals surface area contributed by atoms with Crippen LogP contribution in [0.5, 0.6) is 11.5 Å². The number of tetrazole rings is 1. The predicted molar refractivity (Wildman–Crippen MR) is 88.6 cm³/mol. The van der Waals surface area contributed by atoms with E-state index < -0.39 is 0 Å². The van der Waals surface area contributed by atoms with Gasteiger partial charge in [-0.2, -0.15) is 4.68 Å². The minimum atomic E-state index is -0.149. The first-order valence-electron chi connectivity index (χ1n) is 8.76. The molecular weight excluding hydrogens is 306 g/mol. The summed E-state index contributed by atoms with van der Waals surface area (Å²) < 4.78 is 13.1. The van der Waals surface area contributed by atoms with Crippen LogP contribution in [0.2, 0.25) is 0 Å². The lowest BCUT2D eigenvalue weighted by molar-refractivity contribution is 0.171. The molecule has 7 nitrogen and oxygen atoms in total. The number of rotatable bonds is 4. The van der Waals surface area contributed by atoms with Crippen LogP contribution in [0.3, 0.4) is 0 Å². The molecule has 128 valence electrons. The SMILES string of the molecule is CCNC1(c2nnnn2-c2ccc3c(c2)OCCO3)CCCCC1. The molecule has 1 aromatic heterocycles. The number of ether oxygens (including phenoxy) is 2. The fourth-order valence-electron chi connectivity index (χ4n) is 3.80. The second-order valence-electron chi connectivity index (χ2n) is 6.42. The Morgan fingerprint density at radius 1 is 1.12 bits per heavy atom. The molecular formula is C17H23N5O2. The summed E-state index contributed by atoms with van der Waals surface area (Å²) in [6.07, 6.45) is 5.79. The van der Waals surface area contributed by atoms with Crippen molar-refractivity contribution in [2.45, 2.75) is 44.6 Å². The Labute approximate surface area is 141 Å². The Hall–Kier alpha value is -2.15. The fraction of sp³-hybridized carbons (Fsp3) is 0.588. The van der Waals surface area contributed by atoms with E-state index in [0.29, 0.717) is 13.2 Å². The minimum Gasteiger partial charge on any atom is -0.486 e. The average molecular weight is 329 g/mol. The largest absolute Gasteiger partial charge is 0.486 e. The smallest absolute Gasteiger partial charge is 0.176 e. The number of benzene rings is 1. The van der Waals surface area contributed by atoms with Gasteiger partial charge in [0.05, 0.1) is 11.2 Å². The van der Waals surface area contributed by atoms with Crippen LogP contribution in [0.1, 0.15) is 44.9 Å². The molecule has 0 radical (unpaired) electrons. The summed E-state index contributed by atoms with van der Waals surface area (Å²) in [6.45, 7) is 4.19. The standard InChI is InChI=1S/C17H23N5O2/c1-2-18-17(8-4-3-5-9-17)16-19-20-21-22(16)13-6-7-14-15(12-13)24-11-10-23-14/h6-7,12,18H,2-5,8-11H2,1H3. The van der Waals surface area contributed by atoms with Gasteiger partial charge in [0.1, 0.15) is 13.2 Å². The van der Waals surface area contributed by atoms with Gasteiger partial charge in [-0.15, -0.1) is 5.10 Å². The van der Waals surface area contributed by atoms with Gasteiger partial charge in [-0.25, -0.2) is 0 Å². The van der Waals surface area contributed by atoms with E-state index in [0.717, 1.165) is 42.4 Å². The van der Waals surface area contributed by atoms with Crippen molar-refractivity contribution in [1.82, 2.24) is 25.5 Å². The monoisotopic (exact) mass is 329 g/mol. The van der Waals surface area contributed by atoms with Crippen LogP contribution in [-0.2, 0) is 5.54 Å². The van der Waals surface area contributed by atoms with Crippen molar-refractivity contribution in [3.63, 3.8) is 0 Å². The lowest BCUT2D eigenvalue weighted by atomic mass is 9.81. The molecule has 1 fully saturated rings. The number of nitrogens with one attached hydrogen (secondary N) is 1. The fourth-order valence-corrected chi connectivity index (χ4v) is 3.80. The lowest BCUT2D eigenvalue weighted by Gasteiger charge is -2.36. The van der Waals surface area contributed by atoms with Gasteiger partial charge in [0.15, 0.2) is 17.3 Å². The van der Waals surface area contributed by atoms with E-state index in [1.165, 1.54) is 19.3 Å². The van der Waals surface area contributed by atoms with Crippen LogP contribution in [0.4, 0.5) is 0 Å². The Bertz CT molecular complexity index is 703. The topological polar surface area (TPSA) is 74.1 Å². The van der Waals surface area contributed by atoms with Crippen LogP contribution >= 0.6 is 0 Å². The molecule has 0 spiro atoms. The van der Waals surface area contributed by atoms with Crippen molar-refractivity contribution in [3.8, 4) is 17.2 Å². The lowest BCUT2D eigenvalue weighted by Crippen LogP contribution is -2.46. The third-order valence-electron chi connectivity index (χ3n) is 4.89. The van der Waals surface area contributed by atoms with Gasteiger partial charge in [-0.1, -0.05) is 26.2 Å². The molecule has 1 aliphatic carbocycles. The van der Waals surface area contributed by atoms with Crippen molar-refractivity contribution in [2.75, 3.05) is 19.8 Å². The molecule has 0 amide bonds. The van der Waals surface area contributed by atoms with Gasteiger partial charge in [0.2, 0.25) is 0 Å². The maximum atomic E-state index is 5.70. The summed E-state index contributed by atoms with van der Waals surface area (Å²) in [5, 5.41) is 16.3. The molecule has 2 heterocycles. The summed E-state index contributed by atoms with van der Waals surface area (Å²) in [6, 6.07) is 5.86. The Morgan fingerprint density at radius 3 is 2.71 bits per heavy atom. The van der Waals surface area contributed by atoms with E-state index in [1.807, 2.05) is 22.9 Å². The summed E-state index contributed by atoms with van der Waals surface area (Å²) in [5.74, 6) is 2.42. The minimum absolute atomic E-state index is 0.149. The van der Waals surface area contributed by atoms with Gasteiger partial charge in [-0.3, -0.25) is 0 Å². The van der Waals surface area contributed by atoms with Gasteiger partial charge in [-0.05, 0) is 41.9 Å². The number of aromatic nitrogens is 4. The number of nitrogens with zero attached hydrogens (tertiary/aromatic N) is 4. The highest BCUT2D eigenvalue weighted by Crippen LogP contribution is 2.38. The zero-order chi connectivity index (χ0) is 16.4. The molecule has 2 aliphatic rings. The van der Waals surface area contributed by atoms with Crippen LogP contribution < -0.4 is 14.8 Å². The summed E-state index contributed by atoms with van der Waals surface area (Å²) in [5.41, 5.74) is 0.756. The first-order chi connectivity index (χ1) is 11.8. The first kappa shape index (κ1) is 15.4. The molecule has 0 saturated heterocycles. The molecule has 4 rings (SSSR count). The van der Waals surface area contributed by atoms with Crippen molar-refractivity contribution >= 4 is 0 Å². The van der Waals surface area contributed by atoms with Gasteiger partial charge in [0, 0.05) is 6.07 Å². The highest BCUT2D eigenvalue weighted by molar-refractivity contribution is 5.49. The van der Waals surface area contributed by atoms with E-state index in [9.17, 15) is 0 Å². The van der Waals surface area contributed by atoms with Crippen molar-refractivity contribution in [3.05, 3.63) is 24.0 Å². The highest BCUT2D eigenvalue weighted by atomic mass is 16.6. The van der Waals surface area contributed by atoms with Crippen LogP contribution in [0.15, 0.2) is 18.2 Å². The first-order valence-corrected chi connectivity index (χ1v) is 8.76. The number of fused-ring (bicyclic) bond motifs is 1. The van der Waals surface area contributed by atoms with Crippen molar-refractivity contribution in [1.29, 1.82) is 0 Å². The van der Waals surface area contributed by atoms with Gasteiger partial charge >= 0.3 is 0 Å². The molecule has 1 aliphatic heterocycles. The van der Waals surface area contributed by atoms with Gasteiger partial charge in [0.25, 0.3) is 0 Å². The van der Waals surface area contributed by atoms with E-state index in [-0.39, 0.29) is 5.54 Å². The molecule has 7 heteroatoms. The zero-order valence-corrected chi connectivity index (χ0v) is 14.0. The van der Waals surface area contributed by atoms with E-state index in [4.69, 9.17) is 9.47 Å². The molecule has 0 atom stereocenters. The third-order valence-corrected chi connectivity index (χ3v) is 4.89. The summed E-state index contributed by atoms with van der Waals surface area (Å²) in [4.78, 5) is 0. The third kappa shape index (κ3) is 2.62. The van der Waals surface area contributed by atoms with E-state index in [2.05, 4.69) is 27.8 Å². The maximum Gasteiger partial charge on any atom is 0.176 e. The molecule has 0 bridgehead atoms. The van der Waals surface area contributed by atoms with Crippen LogP contribution in [0, 0.1) is 0 Å². The molecule has 24 heavy (non-hydrogen) atoms. The molecule has 1 saturated carbocycles. The molecule has 0 unspecified atom stereocenters. The normalized spacial score (nSPS) is 19.2.